The fraction of sp³-hybridized carbons (Fsp3) is 0.550. The molecule has 6 heteroatoms. The van der Waals surface area contributed by atoms with Crippen molar-refractivity contribution < 1.29 is 19.5 Å². The Morgan fingerprint density at radius 1 is 1.15 bits per heavy atom. The molecule has 2 aliphatic heterocycles. The third-order valence-electron chi connectivity index (χ3n) is 6.63. The first kappa shape index (κ1) is 17.1. The van der Waals surface area contributed by atoms with E-state index in [1.807, 2.05) is 12.1 Å². The third-order valence-corrected chi connectivity index (χ3v) is 6.63. The minimum absolute atomic E-state index is 0.00778. The zero-order valence-electron chi connectivity index (χ0n) is 15.0. The van der Waals surface area contributed by atoms with Crippen LogP contribution >= 0.6 is 0 Å². The Labute approximate surface area is 152 Å². The van der Waals surface area contributed by atoms with Crippen LogP contribution in [0.25, 0.3) is 0 Å². The van der Waals surface area contributed by atoms with E-state index in [9.17, 15) is 19.5 Å². The van der Waals surface area contributed by atoms with E-state index >= 15 is 0 Å². The Kier molecular flexibility index (Phi) is 4.01. The minimum atomic E-state index is -0.916. The summed E-state index contributed by atoms with van der Waals surface area (Å²) in [6.45, 7) is 0.967. The molecule has 0 radical (unpaired) electrons. The molecule has 0 bridgehead atoms. The highest BCUT2D eigenvalue weighted by Gasteiger charge is 2.55. The fourth-order valence-corrected chi connectivity index (χ4v) is 4.97. The van der Waals surface area contributed by atoms with Gasteiger partial charge in [-0.2, -0.15) is 0 Å². The minimum Gasteiger partial charge on any atom is -0.481 e. The smallest absolute Gasteiger partial charge is 0.309 e. The molecule has 2 fully saturated rings. The van der Waals surface area contributed by atoms with E-state index in [1.165, 1.54) is 11.1 Å². The molecule has 6 nitrogen and oxygen atoms in total. The summed E-state index contributed by atoms with van der Waals surface area (Å²) in [5.74, 6) is -1.71. The number of fused-ring (bicyclic) bond motifs is 1. The molecule has 1 aromatic rings. The number of benzene rings is 1. The predicted octanol–water partition coefficient (Wildman–Crippen LogP) is 1.71. The first-order chi connectivity index (χ1) is 12.4. The zero-order valence-corrected chi connectivity index (χ0v) is 15.0. The van der Waals surface area contributed by atoms with Gasteiger partial charge in [0.1, 0.15) is 0 Å². The maximum atomic E-state index is 12.9. The predicted molar refractivity (Wildman–Crippen MR) is 94.8 cm³/mol. The Morgan fingerprint density at radius 2 is 1.85 bits per heavy atom. The van der Waals surface area contributed by atoms with Crippen molar-refractivity contribution >= 4 is 17.8 Å². The van der Waals surface area contributed by atoms with E-state index in [1.54, 1.807) is 16.8 Å². The number of aliphatic carboxylic acids is 1. The summed E-state index contributed by atoms with van der Waals surface area (Å²) in [6.07, 6.45) is 4.37. The van der Waals surface area contributed by atoms with Crippen LogP contribution < -0.4 is 0 Å². The van der Waals surface area contributed by atoms with Crippen LogP contribution in [-0.2, 0) is 22.4 Å². The Morgan fingerprint density at radius 3 is 2.54 bits per heavy atom. The number of likely N-dealkylation sites (tertiary alicyclic amines) is 2. The Bertz CT molecular complexity index is 780. The molecular weight excluding hydrogens is 332 g/mol. The normalized spacial score (nSPS) is 24.2. The maximum Gasteiger partial charge on any atom is 0.309 e. The highest BCUT2D eigenvalue weighted by atomic mass is 16.4. The number of rotatable bonds is 2. The number of hydrogen-bond acceptors (Lipinski definition) is 3. The van der Waals surface area contributed by atoms with E-state index in [-0.39, 0.29) is 18.2 Å². The molecule has 1 aromatic carbocycles. The van der Waals surface area contributed by atoms with E-state index < -0.39 is 17.4 Å². The lowest BCUT2D eigenvalue weighted by atomic mass is 9.77. The molecule has 1 aliphatic carbocycles. The molecule has 4 rings (SSSR count). The largest absolute Gasteiger partial charge is 0.481 e. The van der Waals surface area contributed by atoms with Crippen LogP contribution in [0.1, 0.15) is 47.2 Å². The first-order valence-corrected chi connectivity index (χ1v) is 9.33. The monoisotopic (exact) mass is 356 g/mol. The van der Waals surface area contributed by atoms with Gasteiger partial charge in [0.25, 0.3) is 5.91 Å². The summed E-state index contributed by atoms with van der Waals surface area (Å²) < 4.78 is 0. The molecule has 3 aliphatic rings. The molecular formula is C20H24N2O4. The number of hydrogen-bond donors (Lipinski definition) is 1. The van der Waals surface area contributed by atoms with E-state index in [2.05, 4.69) is 6.07 Å². The number of amides is 2. The van der Waals surface area contributed by atoms with Gasteiger partial charge in [-0.3, -0.25) is 14.4 Å². The summed E-state index contributed by atoms with van der Waals surface area (Å²) in [4.78, 5) is 40.1. The number of piperidine rings is 1. The summed E-state index contributed by atoms with van der Waals surface area (Å²) >= 11 is 0. The van der Waals surface area contributed by atoms with Crippen molar-refractivity contribution in [2.75, 3.05) is 20.1 Å². The van der Waals surface area contributed by atoms with Gasteiger partial charge in [0.05, 0.1) is 11.5 Å². The average Bonchev–Trinajstić information content (AvgIpc) is 3.20. The van der Waals surface area contributed by atoms with Gasteiger partial charge < -0.3 is 14.9 Å². The van der Waals surface area contributed by atoms with E-state index in [0.717, 1.165) is 19.3 Å². The SMILES string of the molecule is CN1C(=O)CC(C(=O)O)C12CCN(C(=O)c1ccc3c(c1)CCC3)CC2. The van der Waals surface area contributed by atoms with Crippen molar-refractivity contribution in [3.8, 4) is 0 Å². The lowest BCUT2D eigenvalue weighted by Gasteiger charge is -2.45. The van der Waals surface area contributed by atoms with Crippen LogP contribution in [0.2, 0.25) is 0 Å². The molecule has 2 heterocycles. The van der Waals surface area contributed by atoms with Gasteiger partial charge in [-0.25, -0.2) is 0 Å². The number of carboxylic acids is 1. The summed E-state index contributed by atoms with van der Waals surface area (Å²) in [6, 6.07) is 5.98. The van der Waals surface area contributed by atoms with Gasteiger partial charge >= 0.3 is 5.97 Å². The lowest BCUT2D eigenvalue weighted by molar-refractivity contribution is -0.145. The fourth-order valence-electron chi connectivity index (χ4n) is 4.97. The Hall–Kier alpha value is -2.37. The standard InChI is InChI=1S/C20H24N2O4/c1-21-17(23)12-16(19(25)26)20(21)7-9-22(10-8-20)18(24)15-6-5-13-3-2-4-14(13)11-15/h5-6,11,16H,2-4,7-10,12H2,1H3,(H,25,26). The number of carboxylic acid groups (broad SMARTS) is 1. The number of aryl methyl sites for hydroxylation is 2. The van der Waals surface area contributed by atoms with Crippen LogP contribution in [0, 0.1) is 5.92 Å². The molecule has 1 atom stereocenters. The van der Waals surface area contributed by atoms with Crippen LogP contribution in [0.5, 0.6) is 0 Å². The summed E-state index contributed by atoms with van der Waals surface area (Å²) in [5.41, 5.74) is 2.68. The first-order valence-electron chi connectivity index (χ1n) is 9.33. The number of nitrogens with zero attached hydrogens (tertiary/aromatic N) is 2. The third kappa shape index (κ3) is 2.50. The number of carbonyl (C=O) groups excluding carboxylic acids is 2. The lowest BCUT2D eigenvalue weighted by Crippen LogP contribution is -2.56. The second-order valence-corrected chi connectivity index (χ2v) is 7.78. The van der Waals surface area contributed by atoms with Crippen LogP contribution in [0.4, 0.5) is 0 Å². The topological polar surface area (TPSA) is 77.9 Å². The van der Waals surface area contributed by atoms with Gasteiger partial charge in [-0.15, -0.1) is 0 Å². The molecule has 1 unspecified atom stereocenters. The van der Waals surface area contributed by atoms with Crippen molar-refractivity contribution in [2.45, 2.75) is 44.1 Å². The van der Waals surface area contributed by atoms with Gasteiger partial charge in [-0.1, -0.05) is 6.07 Å². The molecule has 1 N–H and O–H groups in total. The molecule has 1 spiro atoms. The van der Waals surface area contributed by atoms with Gasteiger partial charge in [0.15, 0.2) is 0 Å². The molecule has 2 amide bonds. The van der Waals surface area contributed by atoms with Crippen molar-refractivity contribution in [3.63, 3.8) is 0 Å². The van der Waals surface area contributed by atoms with Crippen LogP contribution in [0.15, 0.2) is 18.2 Å². The number of carbonyl (C=O) groups is 3. The van der Waals surface area contributed by atoms with Gasteiger partial charge in [0.2, 0.25) is 5.91 Å². The summed E-state index contributed by atoms with van der Waals surface area (Å²) in [5, 5.41) is 9.55. The maximum absolute atomic E-state index is 12.9. The van der Waals surface area contributed by atoms with Crippen LogP contribution in [-0.4, -0.2) is 58.4 Å². The quantitative estimate of drug-likeness (QED) is 0.875. The second-order valence-electron chi connectivity index (χ2n) is 7.78. The molecule has 26 heavy (non-hydrogen) atoms. The van der Waals surface area contributed by atoms with Crippen molar-refractivity contribution in [2.24, 2.45) is 5.92 Å². The highest BCUT2D eigenvalue weighted by molar-refractivity contribution is 5.95. The molecule has 0 saturated carbocycles. The van der Waals surface area contributed by atoms with Crippen molar-refractivity contribution in [1.29, 1.82) is 0 Å². The second kappa shape index (κ2) is 6.11. The van der Waals surface area contributed by atoms with Crippen LogP contribution in [0.3, 0.4) is 0 Å². The molecule has 0 aromatic heterocycles. The average molecular weight is 356 g/mol. The molecule has 2 saturated heterocycles. The highest BCUT2D eigenvalue weighted by Crippen LogP contribution is 2.43. The summed E-state index contributed by atoms with van der Waals surface area (Å²) in [7, 11) is 1.70. The van der Waals surface area contributed by atoms with Gasteiger partial charge in [-0.05, 0) is 55.4 Å². The van der Waals surface area contributed by atoms with E-state index in [0.29, 0.717) is 31.5 Å². The molecule has 138 valence electrons. The Balaban J connectivity index is 1.50. The van der Waals surface area contributed by atoms with Gasteiger partial charge in [0, 0.05) is 32.1 Å². The van der Waals surface area contributed by atoms with Crippen molar-refractivity contribution in [3.05, 3.63) is 34.9 Å². The van der Waals surface area contributed by atoms with E-state index in [4.69, 9.17) is 0 Å². The van der Waals surface area contributed by atoms with Crippen molar-refractivity contribution in [1.82, 2.24) is 9.80 Å². The zero-order chi connectivity index (χ0) is 18.5.